The molecule has 0 radical (unpaired) electrons. The van der Waals surface area contributed by atoms with Crippen LogP contribution in [-0.4, -0.2) is 41.8 Å². The van der Waals surface area contributed by atoms with Crippen molar-refractivity contribution in [1.29, 1.82) is 0 Å². The zero-order valence-corrected chi connectivity index (χ0v) is 14.9. The second-order valence-electron chi connectivity index (χ2n) is 6.36. The molecular weight excluding hydrogens is 340 g/mol. The molecule has 0 saturated carbocycles. The lowest BCUT2D eigenvalue weighted by atomic mass is 10.1. The van der Waals surface area contributed by atoms with Crippen molar-refractivity contribution in [2.24, 2.45) is 0 Å². The molecule has 2 N–H and O–H groups in total. The highest BCUT2D eigenvalue weighted by atomic mass is 32.2. The molecule has 2 aromatic rings. The highest BCUT2D eigenvalue weighted by molar-refractivity contribution is 7.91. The highest BCUT2D eigenvalue weighted by Gasteiger charge is 2.29. The normalized spacial score (nSPS) is 18.7. The molecule has 0 bridgehead atoms. The Kier molecular flexibility index (Phi) is 4.71. The van der Waals surface area contributed by atoms with E-state index in [0.29, 0.717) is 12.2 Å². The van der Waals surface area contributed by atoms with Crippen LogP contribution in [0.4, 0.5) is 11.5 Å². The third kappa shape index (κ3) is 4.54. The summed E-state index contributed by atoms with van der Waals surface area (Å²) in [6.07, 6.45) is 3.30. The van der Waals surface area contributed by atoms with Crippen molar-refractivity contribution >= 4 is 27.2 Å². The first-order chi connectivity index (χ1) is 11.8. The third-order valence-corrected chi connectivity index (χ3v) is 5.71. The molecule has 0 aliphatic carbocycles. The maximum atomic E-state index is 12.1. The van der Waals surface area contributed by atoms with Gasteiger partial charge >= 0.3 is 0 Å². The summed E-state index contributed by atoms with van der Waals surface area (Å²) in [7, 11) is -3.03. The maximum absolute atomic E-state index is 12.1. The van der Waals surface area contributed by atoms with E-state index < -0.39 is 15.7 Å². The van der Waals surface area contributed by atoms with E-state index in [1.807, 2.05) is 26.0 Å². The molecule has 1 saturated heterocycles. The quantitative estimate of drug-likeness (QED) is 0.861. The number of hydrogen-bond donors (Lipinski definition) is 2. The van der Waals surface area contributed by atoms with Gasteiger partial charge in [0.1, 0.15) is 11.5 Å². The number of rotatable bonds is 4. The van der Waals surface area contributed by atoms with Crippen LogP contribution in [0.25, 0.3) is 0 Å². The van der Waals surface area contributed by atoms with Crippen molar-refractivity contribution in [3.63, 3.8) is 0 Å². The zero-order valence-electron chi connectivity index (χ0n) is 14.1. The molecule has 1 aromatic carbocycles. The fourth-order valence-corrected chi connectivity index (χ4v) is 4.55. The molecule has 0 spiro atoms. The average molecular weight is 360 g/mol. The van der Waals surface area contributed by atoms with E-state index in [4.69, 9.17) is 0 Å². The minimum Gasteiger partial charge on any atom is -0.347 e. The van der Waals surface area contributed by atoms with Crippen molar-refractivity contribution in [3.8, 4) is 0 Å². The van der Waals surface area contributed by atoms with E-state index in [1.165, 1.54) is 12.4 Å². The van der Waals surface area contributed by atoms with Gasteiger partial charge in [-0.25, -0.2) is 18.4 Å². The Balaban J connectivity index is 1.64. The minimum atomic E-state index is -3.03. The van der Waals surface area contributed by atoms with Crippen molar-refractivity contribution < 1.29 is 13.2 Å². The standard InChI is InChI=1S/C17H20N4O3S/c1-11-5-12(2)7-14(6-11)20-16-9-18-15(8-19-16)17(22)21-13-3-4-25(23,24)10-13/h5-9,13H,3-4,10H2,1-2H3,(H,19,20)(H,21,22). The smallest absolute Gasteiger partial charge is 0.271 e. The van der Waals surface area contributed by atoms with E-state index >= 15 is 0 Å². The van der Waals surface area contributed by atoms with Gasteiger partial charge in [-0.15, -0.1) is 0 Å². The summed E-state index contributed by atoms with van der Waals surface area (Å²) in [4.78, 5) is 20.5. The van der Waals surface area contributed by atoms with Crippen molar-refractivity contribution in [3.05, 3.63) is 47.4 Å². The van der Waals surface area contributed by atoms with Crippen LogP contribution in [0.2, 0.25) is 0 Å². The number of aromatic nitrogens is 2. The van der Waals surface area contributed by atoms with Gasteiger partial charge in [0, 0.05) is 11.7 Å². The molecule has 1 aromatic heterocycles. The number of anilines is 2. The summed E-state index contributed by atoms with van der Waals surface area (Å²) >= 11 is 0. The Labute approximate surface area is 146 Å². The number of carbonyl (C=O) groups is 1. The van der Waals surface area contributed by atoms with Crippen LogP contribution in [0.3, 0.4) is 0 Å². The van der Waals surface area contributed by atoms with Gasteiger partial charge in [-0.05, 0) is 43.5 Å². The molecule has 132 valence electrons. The second kappa shape index (κ2) is 6.79. The molecule has 1 fully saturated rings. The number of amides is 1. The molecular formula is C17H20N4O3S. The van der Waals surface area contributed by atoms with E-state index in [1.54, 1.807) is 0 Å². The van der Waals surface area contributed by atoms with Crippen LogP contribution in [0.15, 0.2) is 30.6 Å². The first-order valence-electron chi connectivity index (χ1n) is 7.99. The predicted octanol–water partition coefficient (Wildman–Crippen LogP) is 1.75. The van der Waals surface area contributed by atoms with Crippen LogP contribution in [-0.2, 0) is 9.84 Å². The Morgan fingerprint density at radius 3 is 2.40 bits per heavy atom. The lowest BCUT2D eigenvalue weighted by Gasteiger charge is -2.11. The van der Waals surface area contributed by atoms with Gasteiger partial charge in [0.15, 0.2) is 9.84 Å². The molecule has 2 heterocycles. The van der Waals surface area contributed by atoms with E-state index in [9.17, 15) is 13.2 Å². The van der Waals surface area contributed by atoms with Gasteiger partial charge in [0.2, 0.25) is 0 Å². The highest BCUT2D eigenvalue weighted by Crippen LogP contribution is 2.18. The van der Waals surface area contributed by atoms with E-state index in [0.717, 1.165) is 16.8 Å². The fraction of sp³-hybridized carbons (Fsp3) is 0.353. The van der Waals surface area contributed by atoms with Crippen LogP contribution in [0, 0.1) is 13.8 Å². The van der Waals surface area contributed by atoms with Crippen LogP contribution in [0.5, 0.6) is 0 Å². The summed E-state index contributed by atoms with van der Waals surface area (Å²) in [5.74, 6) is 0.221. The number of aryl methyl sites for hydroxylation is 2. The minimum absolute atomic E-state index is 0.0154. The van der Waals surface area contributed by atoms with Crippen LogP contribution < -0.4 is 10.6 Å². The molecule has 7 nitrogen and oxygen atoms in total. The van der Waals surface area contributed by atoms with E-state index in [-0.39, 0.29) is 23.2 Å². The van der Waals surface area contributed by atoms with Gasteiger partial charge < -0.3 is 10.6 Å². The monoisotopic (exact) mass is 360 g/mol. The zero-order chi connectivity index (χ0) is 18.0. The molecule has 3 rings (SSSR count). The van der Waals surface area contributed by atoms with Gasteiger partial charge in [-0.3, -0.25) is 4.79 Å². The number of nitrogens with zero attached hydrogens (tertiary/aromatic N) is 2. The summed E-state index contributed by atoms with van der Waals surface area (Å²) in [5, 5.41) is 5.84. The van der Waals surface area contributed by atoms with Gasteiger partial charge in [-0.2, -0.15) is 0 Å². The average Bonchev–Trinajstić information content (AvgIpc) is 2.85. The fourth-order valence-electron chi connectivity index (χ4n) is 2.87. The Morgan fingerprint density at radius 1 is 1.12 bits per heavy atom. The summed E-state index contributed by atoms with van der Waals surface area (Å²) in [6.45, 7) is 4.03. The molecule has 1 aliphatic rings. The second-order valence-corrected chi connectivity index (χ2v) is 8.59. The maximum Gasteiger partial charge on any atom is 0.271 e. The molecule has 1 amide bonds. The van der Waals surface area contributed by atoms with Crippen molar-refractivity contribution in [2.75, 3.05) is 16.8 Å². The van der Waals surface area contributed by atoms with Gasteiger partial charge in [0.05, 0.1) is 23.9 Å². The lowest BCUT2D eigenvalue weighted by Crippen LogP contribution is -2.36. The molecule has 1 aliphatic heterocycles. The lowest BCUT2D eigenvalue weighted by molar-refractivity contribution is 0.0935. The largest absolute Gasteiger partial charge is 0.347 e. The summed E-state index contributed by atoms with van der Waals surface area (Å²) in [6, 6.07) is 5.71. The first kappa shape index (κ1) is 17.3. The van der Waals surface area contributed by atoms with Crippen LogP contribution >= 0.6 is 0 Å². The Hall–Kier alpha value is -2.48. The van der Waals surface area contributed by atoms with Crippen LogP contribution in [0.1, 0.15) is 28.0 Å². The predicted molar refractivity (Wildman–Crippen MR) is 95.8 cm³/mol. The summed E-state index contributed by atoms with van der Waals surface area (Å²) < 4.78 is 22.9. The Morgan fingerprint density at radius 2 is 1.84 bits per heavy atom. The summed E-state index contributed by atoms with van der Waals surface area (Å²) in [5.41, 5.74) is 3.34. The van der Waals surface area contributed by atoms with E-state index in [2.05, 4.69) is 26.7 Å². The number of sulfone groups is 1. The number of hydrogen-bond acceptors (Lipinski definition) is 6. The van der Waals surface area contributed by atoms with Crippen molar-refractivity contribution in [1.82, 2.24) is 15.3 Å². The third-order valence-electron chi connectivity index (χ3n) is 3.95. The Bertz CT molecular complexity index is 874. The molecule has 1 atom stereocenters. The molecule has 25 heavy (non-hydrogen) atoms. The first-order valence-corrected chi connectivity index (χ1v) is 9.81. The molecule has 8 heteroatoms. The van der Waals surface area contributed by atoms with Gasteiger partial charge in [-0.1, -0.05) is 6.07 Å². The topological polar surface area (TPSA) is 101 Å². The molecule has 1 unspecified atom stereocenters. The van der Waals surface area contributed by atoms with Gasteiger partial charge in [0.25, 0.3) is 5.91 Å². The number of benzene rings is 1. The number of carbonyl (C=O) groups excluding carboxylic acids is 1. The van der Waals surface area contributed by atoms with Crippen molar-refractivity contribution in [2.45, 2.75) is 26.3 Å². The number of nitrogens with one attached hydrogen (secondary N) is 2. The SMILES string of the molecule is Cc1cc(C)cc(Nc2cnc(C(=O)NC3CCS(=O)(=O)C3)cn2)c1.